The standard InChI is InChI=1S/C15H24N2O2/c1-3-17-8-6-13(7-9-17)19-15-10-12(11-16)4-5-14(15)18-2/h4-5,10,13H,3,6-9,11,16H2,1-2H3. The summed E-state index contributed by atoms with van der Waals surface area (Å²) in [7, 11) is 1.67. The summed E-state index contributed by atoms with van der Waals surface area (Å²) in [6.07, 6.45) is 2.43. The van der Waals surface area contributed by atoms with Crippen molar-refractivity contribution in [2.24, 2.45) is 5.73 Å². The molecule has 2 N–H and O–H groups in total. The molecule has 0 aliphatic carbocycles. The highest BCUT2D eigenvalue weighted by Crippen LogP contribution is 2.30. The highest BCUT2D eigenvalue weighted by molar-refractivity contribution is 5.43. The van der Waals surface area contributed by atoms with Gasteiger partial charge in [0.15, 0.2) is 11.5 Å². The lowest BCUT2D eigenvalue weighted by Crippen LogP contribution is -2.38. The van der Waals surface area contributed by atoms with Crippen LogP contribution in [0.3, 0.4) is 0 Å². The SMILES string of the molecule is CCN1CCC(Oc2cc(CN)ccc2OC)CC1. The van der Waals surface area contributed by atoms with E-state index in [0.717, 1.165) is 49.5 Å². The van der Waals surface area contributed by atoms with Crippen molar-refractivity contribution < 1.29 is 9.47 Å². The number of nitrogens with two attached hydrogens (primary N) is 1. The molecule has 0 spiro atoms. The summed E-state index contributed by atoms with van der Waals surface area (Å²) >= 11 is 0. The first-order valence-electron chi connectivity index (χ1n) is 7.02. The van der Waals surface area contributed by atoms with Crippen molar-refractivity contribution in [1.82, 2.24) is 4.90 Å². The number of ether oxygens (including phenoxy) is 2. The van der Waals surface area contributed by atoms with Crippen LogP contribution < -0.4 is 15.2 Å². The van der Waals surface area contributed by atoms with Crippen LogP contribution >= 0.6 is 0 Å². The van der Waals surface area contributed by atoms with E-state index in [9.17, 15) is 0 Å². The fraction of sp³-hybridized carbons (Fsp3) is 0.600. The molecule has 0 amide bonds. The summed E-state index contributed by atoms with van der Waals surface area (Å²) in [6.45, 7) is 6.07. The summed E-state index contributed by atoms with van der Waals surface area (Å²) in [5.74, 6) is 1.61. The van der Waals surface area contributed by atoms with E-state index in [1.54, 1.807) is 7.11 Å². The molecule has 0 saturated carbocycles. The van der Waals surface area contributed by atoms with Gasteiger partial charge in [-0.2, -0.15) is 0 Å². The highest BCUT2D eigenvalue weighted by atomic mass is 16.5. The second kappa shape index (κ2) is 6.78. The van der Waals surface area contributed by atoms with Gasteiger partial charge in [0, 0.05) is 19.6 Å². The minimum absolute atomic E-state index is 0.282. The number of benzene rings is 1. The summed E-state index contributed by atoms with van der Waals surface area (Å²) in [5, 5.41) is 0. The predicted molar refractivity (Wildman–Crippen MR) is 76.6 cm³/mol. The molecule has 19 heavy (non-hydrogen) atoms. The van der Waals surface area contributed by atoms with Gasteiger partial charge in [-0.15, -0.1) is 0 Å². The lowest BCUT2D eigenvalue weighted by atomic mass is 10.1. The number of likely N-dealkylation sites (tertiary alicyclic amines) is 1. The number of hydrogen-bond donors (Lipinski definition) is 1. The van der Waals surface area contributed by atoms with Crippen LogP contribution in [0.15, 0.2) is 18.2 Å². The van der Waals surface area contributed by atoms with Gasteiger partial charge >= 0.3 is 0 Å². The Bertz CT molecular complexity index is 401. The maximum absolute atomic E-state index is 6.11. The number of methoxy groups -OCH3 is 1. The number of hydrogen-bond acceptors (Lipinski definition) is 4. The van der Waals surface area contributed by atoms with Crippen molar-refractivity contribution in [2.75, 3.05) is 26.7 Å². The Morgan fingerprint density at radius 3 is 2.58 bits per heavy atom. The first-order valence-corrected chi connectivity index (χ1v) is 7.02. The monoisotopic (exact) mass is 264 g/mol. The van der Waals surface area contributed by atoms with Gasteiger partial charge in [0.25, 0.3) is 0 Å². The van der Waals surface area contributed by atoms with E-state index in [1.165, 1.54) is 0 Å². The largest absolute Gasteiger partial charge is 0.493 e. The maximum atomic E-state index is 6.11. The van der Waals surface area contributed by atoms with E-state index in [2.05, 4.69) is 11.8 Å². The third-order valence-corrected chi connectivity index (χ3v) is 3.74. The van der Waals surface area contributed by atoms with Gasteiger partial charge in [0.1, 0.15) is 6.10 Å². The molecule has 1 aliphatic heterocycles. The molecule has 1 aromatic carbocycles. The molecule has 0 bridgehead atoms. The molecular formula is C15H24N2O2. The minimum atomic E-state index is 0.282. The first-order chi connectivity index (χ1) is 9.26. The van der Waals surface area contributed by atoms with Crippen molar-refractivity contribution in [1.29, 1.82) is 0 Å². The molecule has 2 rings (SSSR count). The van der Waals surface area contributed by atoms with E-state index in [4.69, 9.17) is 15.2 Å². The second-order valence-electron chi connectivity index (χ2n) is 4.94. The van der Waals surface area contributed by atoms with Gasteiger partial charge < -0.3 is 20.1 Å². The van der Waals surface area contributed by atoms with Crippen LogP contribution in [0.25, 0.3) is 0 Å². The van der Waals surface area contributed by atoms with Crippen LogP contribution in [-0.2, 0) is 6.54 Å². The Balaban J connectivity index is 2.02. The number of piperidine rings is 1. The van der Waals surface area contributed by atoms with E-state index >= 15 is 0 Å². The molecule has 0 atom stereocenters. The third-order valence-electron chi connectivity index (χ3n) is 3.74. The van der Waals surface area contributed by atoms with E-state index in [-0.39, 0.29) is 6.10 Å². The van der Waals surface area contributed by atoms with Crippen LogP contribution in [0.5, 0.6) is 11.5 Å². The smallest absolute Gasteiger partial charge is 0.161 e. The van der Waals surface area contributed by atoms with Crippen LogP contribution in [0.2, 0.25) is 0 Å². The van der Waals surface area contributed by atoms with Gasteiger partial charge in [-0.1, -0.05) is 13.0 Å². The first kappa shape index (κ1) is 14.2. The van der Waals surface area contributed by atoms with Gasteiger partial charge in [0.05, 0.1) is 7.11 Å². The molecule has 106 valence electrons. The zero-order valence-electron chi connectivity index (χ0n) is 11.9. The zero-order chi connectivity index (χ0) is 13.7. The molecule has 1 aromatic rings. The van der Waals surface area contributed by atoms with Crippen molar-refractivity contribution >= 4 is 0 Å². The Hall–Kier alpha value is -1.26. The van der Waals surface area contributed by atoms with Crippen molar-refractivity contribution in [2.45, 2.75) is 32.4 Å². The van der Waals surface area contributed by atoms with Crippen LogP contribution in [0, 0.1) is 0 Å². The summed E-state index contributed by atoms with van der Waals surface area (Å²) in [4.78, 5) is 2.45. The van der Waals surface area contributed by atoms with Crippen molar-refractivity contribution in [3.63, 3.8) is 0 Å². The number of nitrogens with zero attached hydrogens (tertiary/aromatic N) is 1. The molecule has 1 heterocycles. The molecular weight excluding hydrogens is 240 g/mol. The normalized spacial score (nSPS) is 17.4. The van der Waals surface area contributed by atoms with Gasteiger partial charge in [-0.25, -0.2) is 0 Å². The fourth-order valence-electron chi connectivity index (χ4n) is 2.46. The van der Waals surface area contributed by atoms with Crippen molar-refractivity contribution in [3.05, 3.63) is 23.8 Å². The molecule has 1 aliphatic rings. The number of rotatable bonds is 5. The van der Waals surface area contributed by atoms with Crippen LogP contribution in [0.4, 0.5) is 0 Å². The molecule has 1 saturated heterocycles. The quantitative estimate of drug-likeness (QED) is 0.884. The van der Waals surface area contributed by atoms with E-state index in [0.29, 0.717) is 6.54 Å². The lowest BCUT2D eigenvalue weighted by Gasteiger charge is -2.31. The highest BCUT2D eigenvalue weighted by Gasteiger charge is 2.20. The van der Waals surface area contributed by atoms with Gasteiger partial charge in [-0.3, -0.25) is 0 Å². The molecule has 1 fully saturated rings. The second-order valence-corrected chi connectivity index (χ2v) is 4.94. The molecule has 0 radical (unpaired) electrons. The average molecular weight is 264 g/mol. The maximum Gasteiger partial charge on any atom is 0.161 e. The van der Waals surface area contributed by atoms with Crippen LogP contribution in [-0.4, -0.2) is 37.7 Å². The zero-order valence-corrected chi connectivity index (χ0v) is 11.9. The van der Waals surface area contributed by atoms with Crippen LogP contribution in [0.1, 0.15) is 25.3 Å². The minimum Gasteiger partial charge on any atom is -0.493 e. The van der Waals surface area contributed by atoms with E-state index in [1.807, 2.05) is 18.2 Å². The Morgan fingerprint density at radius 1 is 1.26 bits per heavy atom. The Morgan fingerprint density at radius 2 is 2.00 bits per heavy atom. The Labute approximate surface area is 115 Å². The molecule has 4 heteroatoms. The summed E-state index contributed by atoms with van der Waals surface area (Å²) in [5.41, 5.74) is 6.75. The lowest BCUT2D eigenvalue weighted by molar-refractivity contribution is 0.101. The summed E-state index contributed by atoms with van der Waals surface area (Å²) in [6, 6.07) is 5.90. The van der Waals surface area contributed by atoms with Gasteiger partial charge in [-0.05, 0) is 37.1 Å². The van der Waals surface area contributed by atoms with Crippen molar-refractivity contribution in [3.8, 4) is 11.5 Å². The molecule has 4 nitrogen and oxygen atoms in total. The third kappa shape index (κ3) is 3.61. The topological polar surface area (TPSA) is 47.7 Å². The average Bonchev–Trinajstić information content (AvgIpc) is 2.48. The molecule has 0 unspecified atom stereocenters. The fourth-order valence-corrected chi connectivity index (χ4v) is 2.46. The molecule has 0 aromatic heterocycles. The Kier molecular flexibility index (Phi) is 5.05. The summed E-state index contributed by atoms with van der Waals surface area (Å²) < 4.78 is 11.5. The van der Waals surface area contributed by atoms with Gasteiger partial charge in [0.2, 0.25) is 0 Å². The van der Waals surface area contributed by atoms with E-state index < -0.39 is 0 Å². The predicted octanol–water partition coefficient (Wildman–Crippen LogP) is 2.02.